The van der Waals surface area contributed by atoms with Crippen molar-refractivity contribution in [2.24, 2.45) is 0 Å². The Hall–Kier alpha value is -3.03. The topological polar surface area (TPSA) is 78.4 Å². The van der Waals surface area contributed by atoms with Gasteiger partial charge in [0.15, 0.2) is 0 Å². The molecule has 26 heavy (non-hydrogen) atoms. The summed E-state index contributed by atoms with van der Waals surface area (Å²) in [5.41, 5.74) is 1.43. The van der Waals surface area contributed by atoms with Gasteiger partial charge in [-0.25, -0.2) is 14.4 Å². The number of piperazine rings is 1. The highest BCUT2D eigenvalue weighted by molar-refractivity contribution is 5.92. The molecule has 8 heteroatoms. The molecule has 0 unspecified atom stereocenters. The first kappa shape index (κ1) is 17.8. The minimum absolute atomic E-state index is 0.199. The van der Waals surface area contributed by atoms with Crippen LogP contribution in [0.2, 0.25) is 0 Å². The van der Waals surface area contributed by atoms with E-state index < -0.39 is 0 Å². The molecule has 3 rings (SSSR count). The molecular weight excluding hydrogens is 337 g/mol. The van der Waals surface area contributed by atoms with Gasteiger partial charge in [0, 0.05) is 44.0 Å². The van der Waals surface area contributed by atoms with Gasteiger partial charge in [-0.3, -0.25) is 9.59 Å². The first-order chi connectivity index (χ1) is 12.6. The van der Waals surface area contributed by atoms with E-state index in [0.29, 0.717) is 37.4 Å². The minimum Gasteiger partial charge on any atom is -0.350 e. The zero-order chi connectivity index (χ0) is 18.5. The van der Waals surface area contributed by atoms with Gasteiger partial charge < -0.3 is 15.1 Å². The molecule has 2 aromatic rings. The number of hydrogen-bond acceptors (Lipinski definition) is 5. The van der Waals surface area contributed by atoms with Crippen LogP contribution in [0.5, 0.6) is 0 Å². The van der Waals surface area contributed by atoms with Gasteiger partial charge in [0.05, 0.1) is 0 Å². The second-order valence-electron chi connectivity index (χ2n) is 6.10. The lowest BCUT2D eigenvalue weighted by molar-refractivity contribution is -0.119. The Kier molecular flexibility index (Phi) is 5.40. The summed E-state index contributed by atoms with van der Waals surface area (Å²) in [6.07, 6.45) is 0.793. The normalized spacial score (nSPS) is 14.2. The van der Waals surface area contributed by atoms with Gasteiger partial charge in [0.25, 0.3) is 5.91 Å². The van der Waals surface area contributed by atoms with Gasteiger partial charge >= 0.3 is 0 Å². The molecule has 0 spiro atoms. The number of aryl methyl sites for hydroxylation is 1. The maximum atomic E-state index is 13.7. The number of carbonyl (C=O) groups excluding carboxylic acids is 2. The predicted molar refractivity (Wildman–Crippen MR) is 94.0 cm³/mol. The van der Waals surface area contributed by atoms with Crippen LogP contribution in [0.15, 0.2) is 30.3 Å². The van der Waals surface area contributed by atoms with Gasteiger partial charge in [0.1, 0.15) is 11.5 Å². The zero-order valence-corrected chi connectivity index (χ0v) is 14.5. The van der Waals surface area contributed by atoms with E-state index >= 15 is 0 Å². The van der Waals surface area contributed by atoms with Crippen LogP contribution in [0.4, 0.5) is 10.3 Å². The molecule has 7 nitrogen and oxygen atoms in total. The molecule has 1 aliphatic rings. The fraction of sp³-hybridized carbons (Fsp3) is 0.333. The van der Waals surface area contributed by atoms with Crippen LogP contribution in [-0.4, -0.2) is 58.3 Å². The number of benzene rings is 1. The van der Waals surface area contributed by atoms with E-state index in [1.54, 1.807) is 41.0 Å². The van der Waals surface area contributed by atoms with Crippen molar-refractivity contribution >= 4 is 18.3 Å². The van der Waals surface area contributed by atoms with Gasteiger partial charge in [-0.05, 0) is 19.1 Å². The molecule has 0 radical (unpaired) electrons. The Bertz CT molecular complexity index is 806. The largest absolute Gasteiger partial charge is 0.350 e. The van der Waals surface area contributed by atoms with Crippen molar-refractivity contribution in [1.29, 1.82) is 0 Å². The highest BCUT2D eigenvalue weighted by Crippen LogP contribution is 2.12. The van der Waals surface area contributed by atoms with Crippen LogP contribution < -0.4 is 5.32 Å². The molecule has 1 aliphatic heterocycles. The summed E-state index contributed by atoms with van der Waals surface area (Å²) < 4.78 is 13.7. The highest BCUT2D eigenvalue weighted by Gasteiger charge is 2.23. The number of aromatic nitrogens is 2. The third-order valence-electron chi connectivity index (χ3n) is 4.22. The van der Waals surface area contributed by atoms with E-state index in [1.165, 1.54) is 6.07 Å². The van der Waals surface area contributed by atoms with Crippen LogP contribution in [0.3, 0.4) is 0 Å². The maximum absolute atomic E-state index is 13.7. The number of rotatable bonds is 5. The Balaban J connectivity index is 1.70. The standard InChI is InChI=1S/C18H20FN5O2/c1-13-10-16(17(26)24-8-6-23(12-25)7-9-24)22-18(21-13)20-11-14-4-2-3-5-15(14)19/h2-5,10,12H,6-9,11H2,1H3,(H,20,21,22). The molecule has 0 bridgehead atoms. The summed E-state index contributed by atoms with van der Waals surface area (Å²) in [7, 11) is 0. The van der Waals surface area contributed by atoms with Crippen LogP contribution in [0.25, 0.3) is 0 Å². The van der Waals surface area contributed by atoms with E-state index in [9.17, 15) is 14.0 Å². The molecule has 1 aromatic heterocycles. The zero-order valence-electron chi connectivity index (χ0n) is 14.5. The number of hydrogen-bond donors (Lipinski definition) is 1. The van der Waals surface area contributed by atoms with Crippen molar-refractivity contribution in [1.82, 2.24) is 19.8 Å². The quantitative estimate of drug-likeness (QED) is 0.820. The Morgan fingerprint density at radius 2 is 1.96 bits per heavy atom. The number of nitrogens with one attached hydrogen (secondary N) is 1. The van der Waals surface area contributed by atoms with Crippen molar-refractivity contribution in [3.63, 3.8) is 0 Å². The number of nitrogens with zero attached hydrogens (tertiary/aromatic N) is 4. The van der Waals surface area contributed by atoms with E-state index in [-0.39, 0.29) is 29.9 Å². The molecule has 0 saturated carbocycles. The monoisotopic (exact) mass is 357 g/mol. The average molecular weight is 357 g/mol. The molecule has 0 atom stereocenters. The summed E-state index contributed by atoms with van der Waals surface area (Å²) >= 11 is 0. The predicted octanol–water partition coefficient (Wildman–Crippen LogP) is 1.45. The van der Waals surface area contributed by atoms with Crippen LogP contribution in [-0.2, 0) is 11.3 Å². The smallest absolute Gasteiger partial charge is 0.272 e. The van der Waals surface area contributed by atoms with Crippen molar-refractivity contribution in [2.75, 3.05) is 31.5 Å². The molecule has 136 valence electrons. The molecule has 1 aromatic carbocycles. The number of carbonyl (C=O) groups is 2. The van der Waals surface area contributed by atoms with Gasteiger partial charge in [0.2, 0.25) is 12.4 Å². The third kappa shape index (κ3) is 4.14. The second-order valence-corrected chi connectivity index (χ2v) is 6.10. The van der Waals surface area contributed by atoms with Crippen LogP contribution in [0.1, 0.15) is 21.7 Å². The molecule has 1 fully saturated rings. The molecule has 2 amide bonds. The minimum atomic E-state index is -0.308. The lowest BCUT2D eigenvalue weighted by atomic mass is 10.2. The van der Waals surface area contributed by atoms with Crippen LogP contribution >= 0.6 is 0 Å². The summed E-state index contributed by atoms with van der Waals surface area (Å²) in [6, 6.07) is 8.08. The molecular formula is C18H20FN5O2. The summed E-state index contributed by atoms with van der Waals surface area (Å²) in [6.45, 7) is 3.96. The third-order valence-corrected chi connectivity index (χ3v) is 4.22. The Labute approximate surface area is 150 Å². The van der Waals surface area contributed by atoms with Gasteiger partial charge in [-0.2, -0.15) is 0 Å². The fourth-order valence-corrected chi connectivity index (χ4v) is 2.77. The SMILES string of the molecule is Cc1cc(C(=O)N2CCN(C=O)CC2)nc(NCc2ccccc2F)n1. The Morgan fingerprint density at radius 1 is 1.23 bits per heavy atom. The Morgan fingerprint density at radius 3 is 2.65 bits per heavy atom. The lowest BCUT2D eigenvalue weighted by Crippen LogP contribution is -2.48. The summed E-state index contributed by atoms with van der Waals surface area (Å²) in [5, 5.41) is 2.97. The lowest BCUT2D eigenvalue weighted by Gasteiger charge is -2.32. The van der Waals surface area contributed by atoms with Crippen molar-refractivity contribution in [2.45, 2.75) is 13.5 Å². The fourth-order valence-electron chi connectivity index (χ4n) is 2.77. The van der Waals surface area contributed by atoms with E-state index in [0.717, 1.165) is 6.41 Å². The second kappa shape index (κ2) is 7.90. The molecule has 0 aliphatic carbocycles. The number of amides is 2. The molecule has 2 heterocycles. The highest BCUT2D eigenvalue weighted by atomic mass is 19.1. The summed E-state index contributed by atoms with van der Waals surface area (Å²) in [4.78, 5) is 35.3. The van der Waals surface area contributed by atoms with E-state index in [4.69, 9.17) is 0 Å². The van der Waals surface area contributed by atoms with E-state index in [1.807, 2.05) is 0 Å². The van der Waals surface area contributed by atoms with Crippen molar-refractivity contribution in [3.05, 3.63) is 53.1 Å². The number of halogens is 1. The van der Waals surface area contributed by atoms with Gasteiger partial charge in [-0.15, -0.1) is 0 Å². The number of anilines is 1. The van der Waals surface area contributed by atoms with Gasteiger partial charge in [-0.1, -0.05) is 18.2 Å². The first-order valence-electron chi connectivity index (χ1n) is 8.38. The molecule has 1 N–H and O–H groups in total. The maximum Gasteiger partial charge on any atom is 0.272 e. The van der Waals surface area contributed by atoms with E-state index in [2.05, 4.69) is 15.3 Å². The summed E-state index contributed by atoms with van der Waals surface area (Å²) in [5.74, 6) is -0.227. The first-order valence-corrected chi connectivity index (χ1v) is 8.38. The average Bonchev–Trinajstić information content (AvgIpc) is 2.66. The molecule has 1 saturated heterocycles. The van der Waals surface area contributed by atoms with Crippen LogP contribution in [0, 0.1) is 12.7 Å². The van der Waals surface area contributed by atoms with Crippen molar-refractivity contribution in [3.8, 4) is 0 Å². The van der Waals surface area contributed by atoms with Crippen molar-refractivity contribution < 1.29 is 14.0 Å².